The van der Waals surface area contributed by atoms with E-state index in [4.69, 9.17) is 9.47 Å². The number of alkyl halides is 3. The summed E-state index contributed by atoms with van der Waals surface area (Å²) in [7, 11) is 1.52. The van der Waals surface area contributed by atoms with Crippen LogP contribution in [0.5, 0.6) is 5.75 Å². The first kappa shape index (κ1) is 24.7. The summed E-state index contributed by atoms with van der Waals surface area (Å²) >= 11 is 0. The van der Waals surface area contributed by atoms with Gasteiger partial charge in [-0.25, -0.2) is 9.48 Å². The molecule has 2 aromatic rings. The van der Waals surface area contributed by atoms with Crippen molar-refractivity contribution in [1.82, 2.24) is 20.0 Å². The molecule has 4 rings (SSSR count). The van der Waals surface area contributed by atoms with Gasteiger partial charge in [-0.1, -0.05) is 12.1 Å². The number of aromatic nitrogens is 2. The number of amides is 2. The van der Waals surface area contributed by atoms with E-state index < -0.39 is 30.3 Å². The lowest BCUT2D eigenvalue weighted by atomic mass is 9.97. The summed E-state index contributed by atoms with van der Waals surface area (Å²) in [5.41, 5.74) is 0.580. The number of nitrogens with one attached hydrogen (secondary N) is 2. The molecule has 190 valence electrons. The molecule has 1 saturated heterocycles. The molecule has 0 unspecified atom stereocenters. The minimum atomic E-state index is -4.54. The Morgan fingerprint density at radius 2 is 1.89 bits per heavy atom. The molecule has 0 saturated carbocycles. The Kier molecular flexibility index (Phi) is 7.08. The fourth-order valence-electron chi connectivity index (χ4n) is 4.42. The highest BCUT2D eigenvalue weighted by Gasteiger charge is 2.47. The Hall–Kier alpha value is -3.44. The first-order valence-corrected chi connectivity index (χ1v) is 11.5. The normalized spacial score (nSPS) is 20.5. The third kappa shape index (κ3) is 5.46. The molecule has 1 aromatic carbocycles. The predicted octanol–water partition coefficient (Wildman–Crippen LogP) is 3.90. The quantitative estimate of drug-likeness (QED) is 0.653. The van der Waals surface area contributed by atoms with Gasteiger partial charge in [-0.15, -0.1) is 0 Å². The van der Waals surface area contributed by atoms with Crippen molar-refractivity contribution in [2.24, 2.45) is 0 Å². The summed E-state index contributed by atoms with van der Waals surface area (Å²) in [4.78, 5) is 26.2. The van der Waals surface area contributed by atoms with Crippen molar-refractivity contribution >= 4 is 17.8 Å². The van der Waals surface area contributed by atoms with Crippen LogP contribution in [-0.2, 0) is 4.74 Å². The SMILES string of the molecule is CCOC(=O)N1CCC(NC(=O)c2cc3n(n2)[C@H](C(F)(F)F)C[C@H](c2ccc(OC)cc2)N3)CC1. The van der Waals surface area contributed by atoms with E-state index in [2.05, 4.69) is 15.7 Å². The maximum Gasteiger partial charge on any atom is 0.410 e. The predicted molar refractivity (Wildman–Crippen MR) is 120 cm³/mol. The monoisotopic (exact) mass is 495 g/mol. The molecule has 2 aliphatic heterocycles. The van der Waals surface area contributed by atoms with Crippen LogP contribution in [0.25, 0.3) is 0 Å². The average Bonchev–Trinajstić information content (AvgIpc) is 3.28. The van der Waals surface area contributed by atoms with Crippen LogP contribution < -0.4 is 15.4 Å². The number of carbonyl (C=O) groups excluding carboxylic acids is 2. The van der Waals surface area contributed by atoms with Gasteiger partial charge in [-0.3, -0.25) is 4.79 Å². The van der Waals surface area contributed by atoms with E-state index in [1.807, 2.05) is 0 Å². The van der Waals surface area contributed by atoms with Crippen LogP contribution in [0.4, 0.5) is 23.8 Å². The second kappa shape index (κ2) is 10.0. The molecule has 9 nitrogen and oxygen atoms in total. The van der Waals surface area contributed by atoms with Crippen LogP contribution in [-0.4, -0.2) is 65.7 Å². The number of likely N-dealkylation sites (tertiary alicyclic amines) is 1. The zero-order valence-electron chi connectivity index (χ0n) is 19.5. The molecule has 1 aromatic heterocycles. The standard InChI is InChI=1S/C23H28F3N5O4/c1-3-35-22(33)30-10-8-15(9-11-30)27-21(32)18-13-20-28-17(14-4-6-16(34-2)7-5-14)12-19(23(24,25)26)31(20)29-18/h4-7,13,15,17,19,28H,3,8-12H2,1-2H3,(H,27,32)/t17-,19+/m1/s1. The molecule has 3 heterocycles. The van der Waals surface area contributed by atoms with Crippen molar-refractivity contribution in [3.05, 3.63) is 41.6 Å². The molecule has 0 spiro atoms. The minimum absolute atomic E-state index is 0.0926. The average molecular weight is 496 g/mol. The van der Waals surface area contributed by atoms with Crippen LogP contribution in [0.1, 0.15) is 54.3 Å². The first-order chi connectivity index (χ1) is 16.7. The van der Waals surface area contributed by atoms with Gasteiger partial charge in [-0.05, 0) is 37.5 Å². The molecule has 0 bridgehead atoms. The van der Waals surface area contributed by atoms with Crippen molar-refractivity contribution < 1.29 is 32.2 Å². The number of rotatable bonds is 5. The van der Waals surface area contributed by atoms with Gasteiger partial charge in [0.1, 0.15) is 11.6 Å². The highest BCUT2D eigenvalue weighted by Crippen LogP contribution is 2.43. The molecule has 0 aliphatic carbocycles. The molecule has 2 aliphatic rings. The van der Waals surface area contributed by atoms with Crippen LogP contribution in [0, 0.1) is 0 Å². The van der Waals surface area contributed by atoms with Gasteiger partial charge < -0.3 is 25.0 Å². The number of piperidine rings is 1. The molecular formula is C23H28F3N5O4. The lowest BCUT2D eigenvalue weighted by Crippen LogP contribution is -2.46. The highest BCUT2D eigenvalue weighted by molar-refractivity contribution is 5.93. The van der Waals surface area contributed by atoms with Crippen molar-refractivity contribution in [2.45, 2.75) is 50.5 Å². The van der Waals surface area contributed by atoms with Crippen molar-refractivity contribution in [1.29, 1.82) is 0 Å². The lowest BCUT2D eigenvalue weighted by molar-refractivity contribution is -0.173. The number of methoxy groups -OCH3 is 1. The molecule has 2 N–H and O–H groups in total. The Morgan fingerprint density at radius 1 is 1.20 bits per heavy atom. The van der Waals surface area contributed by atoms with Gasteiger partial charge in [0, 0.05) is 31.6 Å². The van der Waals surface area contributed by atoms with E-state index in [0.29, 0.717) is 37.2 Å². The van der Waals surface area contributed by atoms with Crippen LogP contribution in [0.2, 0.25) is 0 Å². The number of anilines is 1. The number of ether oxygens (including phenoxy) is 2. The van der Waals surface area contributed by atoms with Gasteiger partial charge in [0.05, 0.1) is 19.8 Å². The topological polar surface area (TPSA) is 97.7 Å². The van der Waals surface area contributed by atoms with Gasteiger partial charge in [-0.2, -0.15) is 18.3 Å². The van der Waals surface area contributed by atoms with Gasteiger partial charge in [0.15, 0.2) is 11.7 Å². The maximum atomic E-state index is 13.9. The number of nitrogens with zero attached hydrogens (tertiary/aromatic N) is 3. The van der Waals surface area contributed by atoms with E-state index in [0.717, 1.165) is 4.68 Å². The van der Waals surface area contributed by atoms with Gasteiger partial charge >= 0.3 is 12.3 Å². The molecule has 2 atom stereocenters. The fraction of sp³-hybridized carbons (Fsp3) is 0.522. The summed E-state index contributed by atoms with van der Waals surface area (Å²) in [6.45, 7) is 2.86. The van der Waals surface area contributed by atoms with E-state index >= 15 is 0 Å². The van der Waals surface area contributed by atoms with Gasteiger partial charge in [0.2, 0.25) is 0 Å². The minimum Gasteiger partial charge on any atom is -0.497 e. The van der Waals surface area contributed by atoms with Crippen LogP contribution in [0.15, 0.2) is 30.3 Å². The Labute approximate surface area is 200 Å². The van der Waals surface area contributed by atoms with Gasteiger partial charge in [0.25, 0.3) is 5.91 Å². The number of carbonyl (C=O) groups is 2. The van der Waals surface area contributed by atoms with E-state index in [1.165, 1.54) is 13.2 Å². The number of fused-ring (bicyclic) bond motifs is 1. The smallest absolute Gasteiger partial charge is 0.410 e. The molecule has 12 heteroatoms. The largest absolute Gasteiger partial charge is 0.497 e. The zero-order valence-corrected chi connectivity index (χ0v) is 19.5. The summed E-state index contributed by atoms with van der Waals surface area (Å²) in [6, 6.07) is 5.45. The number of hydrogen-bond acceptors (Lipinski definition) is 6. The Morgan fingerprint density at radius 3 is 2.49 bits per heavy atom. The van der Waals surface area contributed by atoms with E-state index in [-0.39, 0.29) is 30.6 Å². The number of benzene rings is 1. The summed E-state index contributed by atoms with van der Waals surface area (Å²) in [5, 5.41) is 9.92. The summed E-state index contributed by atoms with van der Waals surface area (Å²) in [5.74, 6) is 0.181. The van der Waals surface area contributed by atoms with E-state index in [1.54, 1.807) is 36.1 Å². The van der Waals surface area contributed by atoms with Crippen molar-refractivity contribution in [3.63, 3.8) is 0 Å². The van der Waals surface area contributed by atoms with Crippen LogP contribution in [0.3, 0.4) is 0 Å². The third-order valence-corrected chi connectivity index (χ3v) is 6.30. The second-order valence-corrected chi connectivity index (χ2v) is 8.56. The molecule has 1 fully saturated rings. The fourth-order valence-corrected chi connectivity index (χ4v) is 4.42. The third-order valence-electron chi connectivity index (χ3n) is 6.30. The Balaban J connectivity index is 1.46. The molecular weight excluding hydrogens is 467 g/mol. The number of halogens is 3. The lowest BCUT2D eigenvalue weighted by Gasteiger charge is -2.33. The number of hydrogen-bond donors (Lipinski definition) is 2. The summed E-state index contributed by atoms with van der Waals surface area (Å²) in [6.07, 6.45) is -4.17. The van der Waals surface area contributed by atoms with Crippen molar-refractivity contribution in [2.75, 3.05) is 32.1 Å². The molecule has 0 radical (unpaired) electrons. The maximum absolute atomic E-state index is 13.9. The second-order valence-electron chi connectivity index (χ2n) is 8.56. The van der Waals surface area contributed by atoms with Crippen LogP contribution >= 0.6 is 0 Å². The summed E-state index contributed by atoms with van der Waals surface area (Å²) < 4.78 is 52.7. The Bertz CT molecular complexity index is 1050. The van der Waals surface area contributed by atoms with Crippen molar-refractivity contribution in [3.8, 4) is 5.75 Å². The van der Waals surface area contributed by atoms with E-state index in [9.17, 15) is 22.8 Å². The highest BCUT2D eigenvalue weighted by atomic mass is 19.4. The molecule has 2 amide bonds. The zero-order chi connectivity index (χ0) is 25.2. The first-order valence-electron chi connectivity index (χ1n) is 11.5. The molecule has 35 heavy (non-hydrogen) atoms.